The van der Waals surface area contributed by atoms with E-state index in [9.17, 15) is 13.2 Å². The molecule has 2 N–H and O–H groups in total. The molecule has 1 amide bonds. The lowest BCUT2D eigenvalue weighted by molar-refractivity contribution is -0.121. The Balaban J connectivity index is 0.00000256. The van der Waals surface area contributed by atoms with E-state index in [1.807, 2.05) is 0 Å². The molecular formula is C10H21ClN2O3S. The third-order valence-electron chi connectivity index (χ3n) is 2.55. The Labute approximate surface area is 109 Å². The largest absolute Gasteiger partial charge is 0.353 e. The number of halogens is 1. The summed E-state index contributed by atoms with van der Waals surface area (Å²) < 4.78 is 22.0. The Morgan fingerprint density at radius 1 is 1.53 bits per heavy atom. The van der Waals surface area contributed by atoms with Crippen LogP contribution in [-0.4, -0.2) is 45.0 Å². The molecule has 7 heteroatoms. The molecular weight excluding hydrogens is 264 g/mol. The van der Waals surface area contributed by atoms with E-state index in [0.717, 1.165) is 19.4 Å². The molecule has 0 saturated carbocycles. The van der Waals surface area contributed by atoms with Gasteiger partial charge in [0, 0.05) is 24.8 Å². The first-order chi connectivity index (χ1) is 7.37. The van der Waals surface area contributed by atoms with Gasteiger partial charge in [-0.25, -0.2) is 8.42 Å². The van der Waals surface area contributed by atoms with Gasteiger partial charge in [0.1, 0.15) is 9.84 Å². The fourth-order valence-corrected chi connectivity index (χ4v) is 2.98. The Morgan fingerprint density at radius 2 is 2.18 bits per heavy atom. The van der Waals surface area contributed by atoms with Crippen molar-refractivity contribution in [3.05, 3.63) is 0 Å². The van der Waals surface area contributed by atoms with Gasteiger partial charge in [-0.1, -0.05) is 0 Å². The predicted molar refractivity (Wildman–Crippen MR) is 70.2 cm³/mol. The van der Waals surface area contributed by atoms with E-state index < -0.39 is 9.84 Å². The SMILES string of the molecule is CC(CS(C)(=O)=O)NC(=O)CC1CCCN1.Cl. The third kappa shape index (κ3) is 7.57. The molecule has 1 aliphatic rings. The maximum Gasteiger partial charge on any atom is 0.221 e. The minimum absolute atomic E-state index is 0. The highest BCUT2D eigenvalue weighted by Crippen LogP contribution is 2.08. The second kappa shape index (κ2) is 7.18. The zero-order valence-electron chi connectivity index (χ0n) is 10.2. The summed E-state index contributed by atoms with van der Waals surface area (Å²) >= 11 is 0. The van der Waals surface area contributed by atoms with Crippen molar-refractivity contribution in [1.82, 2.24) is 10.6 Å². The van der Waals surface area contributed by atoms with Crippen LogP contribution >= 0.6 is 12.4 Å². The van der Waals surface area contributed by atoms with Crippen LogP contribution < -0.4 is 10.6 Å². The molecule has 1 aliphatic heterocycles. The fourth-order valence-electron chi connectivity index (χ4n) is 1.98. The highest BCUT2D eigenvalue weighted by atomic mass is 35.5. The lowest BCUT2D eigenvalue weighted by Gasteiger charge is -2.15. The standard InChI is InChI=1S/C10H20N2O3S.ClH/c1-8(7-16(2,14)15)12-10(13)6-9-4-3-5-11-9;/h8-9,11H,3-7H2,1-2H3,(H,12,13);1H. The molecule has 0 aromatic rings. The van der Waals surface area contributed by atoms with Crippen LogP contribution in [0.2, 0.25) is 0 Å². The molecule has 17 heavy (non-hydrogen) atoms. The van der Waals surface area contributed by atoms with Crippen molar-refractivity contribution >= 4 is 28.2 Å². The summed E-state index contributed by atoms with van der Waals surface area (Å²) in [5.74, 6) is -0.0767. The number of carbonyl (C=O) groups excluding carboxylic acids is 1. The molecule has 1 heterocycles. The van der Waals surface area contributed by atoms with E-state index in [-0.39, 0.29) is 36.2 Å². The Kier molecular flexibility index (Phi) is 7.04. The first kappa shape index (κ1) is 16.7. The van der Waals surface area contributed by atoms with Gasteiger partial charge in [0.15, 0.2) is 0 Å². The number of hydrogen-bond donors (Lipinski definition) is 2. The van der Waals surface area contributed by atoms with Crippen LogP contribution in [0.5, 0.6) is 0 Å². The molecule has 0 aliphatic carbocycles. The number of nitrogens with one attached hydrogen (secondary N) is 2. The van der Waals surface area contributed by atoms with Gasteiger partial charge in [0.05, 0.1) is 5.75 Å². The average Bonchev–Trinajstić information content (AvgIpc) is 2.51. The fraction of sp³-hybridized carbons (Fsp3) is 0.900. The van der Waals surface area contributed by atoms with Crippen molar-refractivity contribution in [2.45, 2.75) is 38.3 Å². The molecule has 0 aromatic heterocycles. The quantitative estimate of drug-likeness (QED) is 0.751. The van der Waals surface area contributed by atoms with E-state index in [4.69, 9.17) is 0 Å². The second-order valence-electron chi connectivity index (χ2n) is 4.56. The average molecular weight is 285 g/mol. The van der Waals surface area contributed by atoms with E-state index in [2.05, 4.69) is 10.6 Å². The van der Waals surface area contributed by atoms with Gasteiger partial charge in [0.2, 0.25) is 5.91 Å². The number of sulfone groups is 1. The summed E-state index contributed by atoms with van der Waals surface area (Å²) in [6.07, 6.45) is 3.74. The van der Waals surface area contributed by atoms with Crippen LogP contribution in [0.25, 0.3) is 0 Å². The molecule has 1 fully saturated rings. The number of carbonyl (C=O) groups is 1. The smallest absolute Gasteiger partial charge is 0.221 e. The maximum absolute atomic E-state index is 11.5. The molecule has 5 nitrogen and oxygen atoms in total. The highest BCUT2D eigenvalue weighted by Gasteiger charge is 2.19. The zero-order valence-corrected chi connectivity index (χ0v) is 11.9. The van der Waals surface area contributed by atoms with Gasteiger partial charge in [0.25, 0.3) is 0 Å². The molecule has 1 saturated heterocycles. The molecule has 0 radical (unpaired) electrons. The number of amides is 1. The summed E-state index contributed by atoms with van der Waals surface area (Å²) in [7, 11) is -3.03. The van der Waals surface area contributed by atoms with Crippen LogP contribution in [0.3, 0.4) is 0 Å². The van der Waals surface area contributed by atoms with Crippen molar-refractivity contribution < 1.29 is 13.2 Å². The van der Waals surface area contributed by atoms with E-state index >= 15 is 0 Å². The van der Waals surface area contributed by atoms with Gasteiger partial charge >= 0.3 is 0 Å². The molecule has 1 rings (SSSR count). The van der Waals surface area contributed by atoms with Gasteiger partial charge in [-0.15, -0.1) is 12.4 Å². The molecule has 2 unspecified atom stereocenters. The topological polar surface area (TPSA) is 75.3 Å². The molecule has 102 valence electrons. The lowest BCUT2D eigenvalue weighted by atomic mass is 10.1. The number of rotatable bonds is 5. The van der Waals surface area contributed by atoms with Gasteiger partial charge < -0.3 is 10.6 Å². The molecule has 0 aromatic carbocycles. The van der Waals surface area contributed by atoms with Crippen LogP contribution in [0, 0.1) is 0 Å². The molecule has 0 spiro atoms. The first-order valence-corrected chi connectivity index (χ1v) is 7.63. The van der Waals surface area contributed by atoms with Gasteiger partial charge in [-0.2, -0.15) is 0 Å². The van der Waals surface area contributed by atoms with E-state index in [1.165, 1.54) is 6.26 Å². The van der Waals surface area contributed by atoms with Crippen LogP contribution in [-0.2, 0) is 14.6 Å². The Bertz CT molecular complexity index is 339. The van der Waals surface area contributed by atoms with Crippen molar-refractivity contribution in [1.29, 1.82) is 0 Å². The highest BCUT2D eigenvalue weighted by molar-refractivity contribution is 7.90. The normalized spacial score (nSPS) is 21.6. The Hall–Kier alpha value is -0.330. The van der Waals surface area contributed by atoms with Crippen molar-refractivity contribution in [3.8, 4) is 0 Å². The van der Waals surface area contributed by atoms with Crippen molar-refractivity contribution in [2.24, 2.45) is 0 Å². The van der Waals surface area contributed by atoms with Crippen LogP contribution in [0.4, 0.5) is 0 Å². The number of hydrogen-bond acceptors (Lipinski definition) is 4. The third-order valence-corrected chi connectivity index (χ3v) is 3.66. The summed E-state index contributed by atoms with van der Waals surface area (Å²) in [6, 6.07) is -0.0608. The second-order valence-corrected chi connectivity index (χ2v) is 6.74. The van der Waals surface area contributed by atoms with Crippen LogP contribution in [0.15, 0.2) is 0 Å². The Morgan fingerprint density at radius 3 is 2.65 bits per heavy atom. The minimum Gasteiger partial charge on any atom is -0.353 e. The summed E-state index contributed by atoms with van der Waals surface area (Å²) in [4.78, 5) is 11.5. The van der Waals surface area contributed by atoms with Gasteiger partial charge in [-0.3, -0.25) is 4.79 Å². The van der Waals surface area contributed by atoms with Crippen LogP contribution in [0.1, 0.15) is 26.2 Å². The zero-order chi connectivity index (χ0) is 12.2. The molecule has 2 atom stereocenters. The van der Waals surface area contributed by atoms with Crippen molar-refractivity contribution in [2.75, 3.05) is 18.6 Å². The minimum atomic E-state index is -3.03. The van der Waals surface area contributed by atoms with Crippen molar-refractivity contribution in [3.63, 3.8) is 0 Å². The molecule has 0 bridgehead atoms. The lowest BCUT2D eigenvalue weighted by Crippen LogP contribution is -2.40. The van der Waals surface area contributed by atoms with Gasteiger partial charge in [-0.05, 0) is 26.3 Å². The summed E-state index contributed by atoms with van der Waals surface area (Å²) in [5.41, 5.74) is 0. The predicted octanol–water partition coefficient (Wildman–Crippen LogP) is 0.0996. The summed E-state index contributed by atoms with van der Waals surface area (Å²) in [5, 5.41) is 5.94. The summed E-state index contributed by atoms with van der Waals surface area (Å²) in [6.45, 7) is 2.68. The maximum atomic E-state index is 11.5. The first-order valence-electron chi connectivity index (χ1n) is 5.57. The monoisotopic (exact) mass is 284 g/mol. The van der Waals surface area contributed by atoms with E-state index in [1.54, 1.807) is 6.92 Å². The van der Waals surface area contributed by atoms with E-state index in [0.29, 0.717) is 6.42 Å².